The minimum atomic E-state index is -0.463. The van der Waals surface area contributed by atoms with Crippen LogP contribution >= 0.6 is 0 Å². The molecule has 4 rings (SSSR count). The number of hydrogen-bond acceptors (Lipinski definition) is 6. The number of aromatic nitrogens is 2. The van der Waals surface area contributed by atoms with Crippen molar-refractivity contribution in [3.05, 3.63) is 47.5 Å². The maximum absolute atomic E-state index is 15.0. The van der Waals surface area contributed by atoms with Gasteiger partial charge in [0.1, 0.15) is 5.82 Å². The molecular formula is C22H23FN4O3. The van der Waals surface area contributed by atoms with Gasteiger partial charge >= 0.3 is 0 Å². The number of hydrogen-bond donors (Lipinski definition) is 1. The van der Waals surface area contributed by atoms with Crippen LogP contribution in [0.1, 0.15) is 29.4 Å². The van der Waals surface area contributed by atoms with Crippen LogP contribution < -0.4 is 10.5 Å². The van der Waals surface area contributed by atoms with Crippen LogP contribution in [0, 0.1) is 5.82 Å². The number of amides is 1. The number of nitrogens with zero attached hydrogens (tertiary/aromatic N) is 3. The van der Waals surface area contributed by atoms with Gasteiger partial charge in [-0.15, -0.1) is 0 Å². The molecule has 0 fully saturated rings. The second-order valence-corrected chi connectivity index (χ2v) is 7.29. The molecule has 30 heavy (non-hydrogen) atoms. The van der Waals surface area contributed by atoms with E-state index in [9.17, 15) is 9.18 Å². The summed E-state index contributed by atoms with van der Waals surface area (Å²) in [6, 6.07) is 6.27. The number of methoxy groups -OCH3 is 2. The molecule has 1 atom stereocenters. The van der Waals surface area contributed by atoms with Crippen molar-refractivity contribution in [3.8, 4) is 17.0 Å². The summed E-state index contributed by atoms with van der Waals surface area (Å²) in [6.45, 7) is 2.83. The first-order valence-electron chi connectivity index (χ1n) is 9.67. The fourth-order valence-electron chi connectivity index (χ4n) is 3.91. The van der Waals surface area contributed by atoms with Gasteiger partial charge in [0.2, 0.25) is 5.88 Å². The number of carbonyl (C=O) groups excluding carboxylic acids is 1. The van der Waals surface area contributed by atoms with Crippen LogP contribution in [-0.2, 0) is 11.3 Å². The molecule has 0 saturated heterocycles. The van der Waals surface area contributed by atoms with E-state index in [4.69, 9.17) is 20.2 Å². The lowest BCUT2D eigenvalue weighted by Crippen LogP contribution is -2.34. The highest BCUT2D eigenvalue weighted by Crippen LogP contribution is 2.40. The predicted molar refractivity (Wildman–Crippen MR) is 112 cm³/mol. The number of anilines is 1. The van der Waals surface area contributed by atoms with Crippen LogP contribution in [0.4, 0.5) is 10.1 Å². The van der Waals surface area contributed by atoms with Crippen molar-refractivity contribution in [2.24, 2.45) is 0 Å². The van der Waals surface area contributed by atoms with Crippen molar-refractivity contribution in [1.82, 2.24) is 14.9 Å². The Kier molecular flexibility index (Phi) is 5.26. The molecule has 1 aromatic carbocycles. The van der Waals surface area contributed by atoms with Gasteiger partial charge in [0.25, 0.3) is 5.91 Å². The SMILES string of the molecule is COCC[C@H](C)N1Cc2nc3c(-c4cccnc4OC)c(F)ccc3c(N)c2C1=O. The Labute approximate surface area is 173 Å². The van der Waals surface area contributed by atoms with Gasteiger partial charge in [0.15, 0.2) is 0 Å². The summed E-state index contributed by atoms with van der Waals surface area (Å²) in [6.07, 6.45) is 2.27. The largest absolute Gasteiger partial charge is 0.481 e. The van der Waals surface area contributed by atoms with Gasteiger partial charge in [-0.25, -0.2) is 14.4 Å². The van der Waals surface area contributed by atoms with Gasteiger partial charge in [-0.1, -0.05) is 0 Å². The second kappa shape index (κ2) is 7.87. The van der Waals surface area contributed by atoms with Crippen LogP contribution in [0.5, 0.6) is 5.88 Å². The molecule has 3 heterocycles. The third kappa shape index (κ3) is 3.13. The van der Waals surface area contributed by atoms with E-state index in [1.54, 1.807) is 36.4 Å². The summed E-state index contributed by atoms with van der Waals surface area (Å²) in [5.74, 6) is -0.337. The highest BCUT2D eigenvalue weighted by Gasteiger charge is 2.35. The van der Waals surface area contributed by atoms with Gasteiger partial charge in [-0.05, 0) is 37.6 Å². The Bertz CT molecular complexity index is 1140. The number of fused-ring (bicyclic) bond motifs is 2. The quantitative estimate of drug-likeness (QED) is 0.670. The Balaban J connectivity index is 1.89. The summed E-state index contributed by atoms with van der Waals surface area (Å²) in [5, 5.41) is 0.524. The Morgan fingerprint density at radius 2 is 2.07 bits per heavy atom. The van der Waals surface area contributed by atoms with E-state index in [0.29, 0.717) is 53.0 Å². The molecule has 0 bridgehead atoms. The molecule has 0 saturated carbocycles. The lowest BCUT2D eigenvalue weighted by molar-refractivity contribution is 0.0676. The average molecular weight is 410 g/mol. The molecule has 7 nitrogen and oxygen atoms in total. The van der Waals surface area contributed by atoms with Gasteiger partial charge in [0, 0.05) is 42.5 Å². The van der Waals surface area contributed by atoms with E-state index in [1.807, 2.05) is 6.92 Å². The first-order chi connectivity index (χ1) is 14.5. The first kappa shape index (κ1) is 20.0. The highest BCUT2D eigenvalue weighted by molar-refractivity contribution is 6.11. The number of ether oxygens (including phenoxy) is 2. The molecule has 1 aliphatic rings. The molecule has 0 radical (unpaired) electrons. The van der Waals surface area contributed by atoms with Crippen LogP contribution in [-0.4, -0.2) is 47.6 Å². The number of benzene rings is 1. The van der Waals surface area contributed by atoms with Gasteiger partial charge in [-0.3, -0.25) is 4.79 Å². The van der Waals surface area contributed by atoms with Crippen molar-refractivity contribution >= 4 is 22.5 Å². The zero-order valence-electron chi connectivity index (χ0n) is 17.1. The molecule has 2 aromatic heterocycles. The number of nitrogen functional groups attached to an aromatic ring is 1. The molecule has 8 heteroatoms. The van der Waals surface area contributed by atoms with E-state index in [1.165, 1.54) is 13.2 Å². The maximum atomic E-state index is 15.0. The molecule has 2 N–H and O–H groups in total. The Morgan fingerprint density at radius 1 is 1.27 bits per heavy atom. The van der Waals surface area contributed by atoms with E-state index >= 15 is 0 Å². The smallest absolute Gasteiger partial charge is 0.258 e. The average Bonchev–Trinajstić information content (AvgIpc) is 3.08. The number of pyridine rings is 2. The fourth-order valence-corrected chi connectivity index (χ4v) is 3.91. The molecular weight excluding hydrogens is 387 g/mol. The van der Waals surface area contributed by atoms with Crippen LogP contribution in [0.25, 0.3) is 22.0 Å². The maximum Gasteiger partial charge on any atom is 0.258 e. The first-order valence-corrected chi connectivity index (χ1v) is 9.67. The van der Waals surface area contributed by atoms with Gasteiger partial charge in [-0.2, -0.15) is 0 Å². The lowest BCUT2D eigenvalue weighted by Gasteiger charge is -2.23. The van der Waals surface area contributed by atoms with Gasteiger partial charge < -0.3 is 20.1 Å². The van der Waals surface area contributed by atoms with Crippen molar-refractivity contribution in [2.45, 2.75) is 25.9 Å². The molecule has 156 valence electrons. The zero-order chi connectivity index (χ0) is 21.4. The molecule has 3 aromatic rings. The summed E-state index contributed by atoms with van der Waals surface area (Å²) >= 11 is 0. The zero-order valence-corrected chi connectivity index (χ0v) is 17.1. The third-order valence-electron chi connectivity index (χ3n) is 5.52. The lowest BCUT2D eigenvalue weighted by atomic mass is 9.99. The van der Waals surface area contributed by atoms with Crippen molar-refractivity contribution in [2.75, 3.05) is 26.6 Å². The Hall–Kier alpha value is -3.26. The van der Waals surface area contributed by atoms with Crippen LogP contribution in [0.2, 0.25) is 0 Å². The standard InChI is InChI=1S/C22H23FN4O3/c1-12(8-10-29-2)27-11-16-18(22(27)28)19(24)14-6-7-15(23)17(20(14)26-16)13-5-4-9-25-21(13)30-3/h4-7,9,12H,8,10-11H2,1-3H3,(H2,24,26)/t12-/m0/s1. The number of halogens is 1. The van der Waals surface area contributed by atoms with Crippen molar-refractivity contribution in [1.29, 1.82) is 0 Å². The molecule has 0 spiro atoms. The fraction of sp³-hybridized carbons (Fsp3) is 0.318. The van der Waals surface area contributed by atoms with Gasteiger partial charge in [0.05, 0.1) is 36.1 Å². The number of rotatable bonds is 6. The van der Waals surface area contributed by atoms with E-state index in [-0.39, 0.29) is 23.4 Å². The third-order valence-corrected chi connectivity index (χ3v) is 5.52. The van der Waals surface area contributed by atoms with Crippen molar-refractivity contribution < 1.29 is 18.7 Å². The normalized spacial score (nSPS) is 14.3. The molecule has 1 amide bonds. The predicted octanol–water partition coefficient (Wildman–Crippen LogP) is 3.41. The monoisotopic (exact) mass is 410 g/mol. The number of nitrogens with two attached hydrogens (primary N) is 1. The summed E-state index contributed by atoms with van der Waals surface area (Å²) in [5.41, 5.74) is 8.77. The van der Waals surface area contributed by atoms with E-state index in [2.05, 4.69) is 4.98 Å². The van der Waals surface area contributed by atoms with E-state index < -0.39 is 5.82 Å². The highest BCUT2D eigenvalue weighted by atomic mass is 19.1. The summed E-state index contributed by atoms with van der Waals surface area (Å²) < 4.78 is 25.4. The minimum Gasteiger partial charge on any atom is -0.481 e. The van der Waals surface area contributed by atoms with Crippen molar-refractivity contribution in [3.63, 3.8) is 0 Å². The number of carbonyl (C=O) groups is 1. The second-order valence-electron chi connectivity index (χ2n) is 7.29. The molecule has 0 aliphatic carbocycles. The van der Waals surface area contributed by atoms with Crippen LogP contribution in [0.3, 0.4) is 0 Å². The van der Waals surface area contributed by atoms with Crippen LogP contribution in [0.15, 0.2) is 30.5 Å². The molecule has 1 aliphatic heterocycles. The summed E-state index contributed by atoms with van der Waals surface area (Å²) in [4.78, 5) is 23.6. The summed E-state index contributed by atoms with van der Waals surface area (Å²) in [7, 11) is 3.11. The molecule has 0 unspecified atom stereocenters. The minimum absolute atomic E-state index is 0.0382. The topological polar surface area (TPSA) is 90.6 Å². The Morgan fingerprint density at radius 3 is 2.80 bits per heavy atom. The van der Waals surface area contributed by atoms with E-state index in [0.717, 1.165) is 0 Å².